The summed E-state index contributed by atoms with van der Waals surface area (Å²) < 4.78 is 5.19. The van der Waals surface area contributed by atoms with Gasteiger partial charge < -0.3 is 15.6 Å². The lowest BCUT2D eigenvalue weighted by atomic mass is 10.1. The van der Waals surface area contributed by atoms with Gasteiger partial charge in [0.2, 0.25) is 5.91 Å². The first-order valence-corrected chi connectivity index (χ1v) is 6.01. The largest absolute Gasteiger partial charge is 0.508 e. The quantitative estimate of drug-likeness (QED) is 0.732. The smallest absolute Gasteiger partial charge is 0.237 e. The predicted octanol–water partition coefficient (Wildman–Crippen LogP) is -0.239. The van der Waals surface area contributed by atoms with Gasteiger partial charge in [-0.05, 0) is 24.3 Å². The predicted molar refractivity (Wildman–Crippen MR) is 67.8 cm³/mol. The molecular formula is C13H16N2O4. The number of benzene rings is 1. The lowest BCUT2D eigenvalue weighted by Crippen LogP contribution is -2.53. The van der Waals surface area contributed by atoms with Gasteiger partial charge in [-0.1, -0.05) is 0 Å². The van der Waals surface area contributed by atoms with Crippen LogP contribution in [0.4, 0.5) is 0 Å². The third-order valence-corrected chi connectivity index (χ3v) is 3.10. The molecular weight excluding hydrogens is 248 g/mol. The van der Waals surface area contributed by atoms with Crippen LogP contribution >= 0.6 is 0 Å². The van der Waals surface area contributed by atoms with E-state index in [4.69, 9.17) is 10.5 Å². The number of amides is 1. The number of ether oxygens (including phenoxy) is 1. The molecule has 0 saturated carbocycles. The summed E-state index contributed by atoms with van der Waals surface area (Å²) in [6.45, 7) is 1.31. The van der Waals surface area contributed by atoms with Gasteiger partial charge in [-0.15, -0.1) is 0 Å². The van der Waals surface area contributed by atoms with Crippen molar-refractivity contribution in [2.24, 2.45) is 5.73 Å². The van der Waals surface area contributed by atoms with Crippen LogP contribution in [0.15, 0.2) is 24.3 Å². The fourth-order valence-electron chi connectivity index (χ4n) is 2.01. The highest BCUT2D eigenvalue weighted by molar-refractivity contribution is 5.98. The molecule has 102 valence electrons. The summed E-state index contributed by atoms with van der Waals surface area (Å²) in [6, 6.07) is 5.46. The molecule has 1 aromatic carbocycles. The molecule has 0 bridgehead atoms. The van der Waals surface area contributed by atoms with Crippen molar-refractivity contribution in [3.63, 3.8) is 0 Å². The van der Waals surface area contributed by atoms with E-state index in [1.165, 1.54) is 12.1 Å². The van der Waals surface area contributed by atoms with Crippen LogP contribution in [0.2, 0.25) is 0 Å². The third kappa shape index (κ3) is 3.30. The number of phenolic OH excluding ortho intramolecular Hbond substituents is 1. The van der Waals surface area contributed by atoms with Gasteiger partial charge in [0, 0.05) is 12.1 Å². The molecule has 1 amide bonds. The van der Waals surface area contributed by atoms with Crippen LogP contribution in [0.25, 0.3) is 0 Å². The first-order chi connectivity index (χ1) is 9.08. The zero-order chi connectivity index (χ0) is 13.8. The number of primary amides is 1. The van der Waals surface area contributed by atoms with Crippen LogP contribution in [-0.4, -0.2) is 54.0 Å². The van der Waals surface area contributed by atoms with Gasteiger partial charge in [0.05, 0.1) is 19.8 Å². The van der Waals surface area contributed by atoms with Crippen molar-refractivity contribution in [1.82, 2.24) is 4.90 Å². The Kier molecular flexibility index (Phi) is 4.13. The summed E-state index contributed by atoms with van der Waals surface area (Å²) in [4.78, 5) is 25.1. The lowest BCUT2D eigenvalue weighted by Gasteiger charge is -2.32. The minimum absolute atomic E-state index is 0.109. The molecule has 6 heteroatoms. The molecule has 0 aromatic heterocycles. The minimum atomic E-state index is -0.560. The van der Waals surface area contributed by atoms with E-state index in [1.807, 2.05) is 0 Å². The van der Waals surface area contributed by atoms with Gasteiger partial charge in [-0.3, -0.25) is 14.5 Å². The van der Waals surface area contributed by atoms with Crippen LogP contribution in [0.3, 0.4) is 0 Å². The highest BCUT2D eigenvalue weighted by Crippen LogP contribution is 2.12. The van der Waals surface area contributed by atoms with Crippen molar-refractivity contribution >= 4 is 11.7 Å². The Morgan fingerprint density at radius 3 is 2.68 bits per heavy atom. The zero-order valence-corrected chi connectivity index (χ0v) is 10.4. The van der Waals surface area contributed by atoms with Crippen LogP contribution in [0.1, 0.15) is 10.4 Å². The van der Waals surface area contributed by atoms with Crippen molar-refractivity contribution in [2.75, 3.05) is 26.3 Å². The number of hydrogen-bond donors (Lipinski definition) is 2. The maximum Gasteiger partial charge on any atom is 0.237 e. The molecule has 0 spiro atoms. The van der Waals surface area contributed by atoms with E-state index in [-0.39, 0.29) is 24.7 Å². The number of carbonyl (C=O) groups is 2. The van der Waals surface area contributed by atoms with Gasteiger partial charge in [0.15, 0.2) is 5.78 Å². The number of morpholine rings is 1. The van der Waals surface area contributed by atoms with Gasteiger partial charge >= 0.3 is 0 Å². The molecule has 1 saturated heterocycles. The van der Waals surface area contributed by atoms with Crippen LogP contribution < -0.4 is 5.73 Å². The van der Waals surface area contributed by atoms with Crippen molar-refractivity contribution < 1.29 is 19.4 Å². The number of nitrogens with two attached hydrogens (primary N) is 1. The molecule has 0 aliphatic carbocycles. The minimum Gasteiger partial charge on any atom is -0.508 e. The number of aromatic hydroxyl groups is 1. The fourth-order valence-corrected chi connectivity index (χ4v) is 2.01. The number of nitrogens with zero attached hydrogens (tertiary/aromatic N) is 1. The Hall–Kier alpha value is -1.92. The van der Waals surface area contributed by atoms with Crippen LogP contribution in [0, 0.1) is 0 Å². The fraction of sp³-hybridized carbons (Fsp3) is 0.385. The summed E-state index contributed by atoms with van der Waals surface area (Å²) in [6.07, 6.45) is 0. The molecule has 1 fully saturated rings. The second kappa shape index (κ2) is 5.81. The van der Waals surface area contributed by atoms with Gasteiger partial charge in [0.25, 0.3) is 0 Å². The van der Waals surface area contributed by atoms with Gasteiger partial charge in [-0.25, -0.2) is 0 Å². The number of rotatable bonds is 4. The van der Waals surface area contributed by atoms with E-state index >= 15 is 0 Å². The first-order valence-electron chi connectivity index (χ1n) is 6.01. The number of hydrogen-bond acceptors (Lipinski definition) is 5. The molecule has 19 heavy (non-hydrogen) atoms. The molecule has 3 N–H and O–H groups in total. The van der Waals surface area contributed by atoms with E-state index in [0.29, 0.717) is 18.7 Å². The molecule has 6 nitrogen and oxygen atoms in total. The molecule has 1 unspecified atom stereocenters. The number of carbonyl (C=O) groups excluding carboxylic acids is 2. The van der Waals surface area contributed by atoms with Crippen molar-refractivity contribution in [2.45, 2.75) is 6.04 Å². The SMILES string of the molecule is NC(=O)C1COCCN1CC(=O)c1ccc(O)cc1. The molecule has 1 aromatic rings. The number of ketones is 1. The topological polar surface area (TPSA) is 92.9 Å². The summed E-state index contributed by atoms with van der Waals surface area (Å²) in [5.74, 6) is -0.496. The summed E-state index contributed by atoms with van der Waals surface area (Å²) in [5.41, 5.74) is 5.78. The Balaban J connectivity index is 2.04. The second-order valence-corrected chi connectivity index (χ2v) is 4.43. The average Bonchev–Trinajstić information content (AvgIpc) is 2.39. The third-order valence-electron chi connectivity index (χ3n) is 3.10. The maximum absolute atomic E-state index is 12.1. The summed E-state index contributed by atoms with van der Waals surface area (Å²) in [7, 11) is 0. The summed E-state index contributed by atoms with van der Waals surface area (Å²) in [5, 5.41) is 9.18. The van der Waals surface area contributed by atoms with Crippen LogP contribution in [0.5, 0.6) is 5.75 Å². The van der Waals surface area contributed by atoms with Gasteiger partial charge in [-0.2, -0.15) is 0 Å². The average molecular weight is 264 g/mol. The Labute approximate surface area is 110 Å². The van der Waals surface area contributed by atoms with E-state index < -0.39 is 11.9 Å². The maximum atomic E-state index is 12.1. The van der Waals surface area contributed by atoms with E-state index in [2.05, 4.69) is 0 Å². The zero-order valence-electron chi connectivity index (χ0n) is 10.4. The second-order valence-electron chi connectivity index (χ2n) is 4.43. The lowest BCUT2D eigenvalue weighted by molar-refractivity contribution is -0.128. The number of phenols is 1. The molecule has 1 heterocycles. The molecule has 2 rings (SSSR count). The molecule has 0 radical (unpaired) electrons. The summed E-state index contributed by atoms with van der Waals surface area (Å²) >= 11 is 0. The highest BCUT2D eigenvalue weighted by Gasteiger charge is 2.29. The molecule has 1 aliphatic rings. The number of Topliss-reactive ketones (excluding diaryl/α,β-unsaturated/α-hetero) is 1. The van der Waals surface area contributed by atoms with E-state index in [1.54, 1.807) is 17.0 Å². The van der Waals surface area contributed by atoms with Gasteiger partial charge in [0.1, 0.15) is 11.8 Å². The van der Waals surface area contributed by atoms with Crippen LogP contribution in [-0.2, 0) is 9.53 Å². The van der Waals surface area contributed by atoms with Crippen molar-refractivity contribution in [1.29, 1.82) is 0 Å². The Bertz CT molecular complexity index is 472. The monoisotopic (exact) mass is 264 g/mol. The van der Waals surface area contributed by atoms with Crippen molar-refractivity contribution in [3.8, 4) is 5.75 Å². The van der Waals surface area contributed by atoms with E-state index in [9.17, 15) is 14.7 Å². The first kappa shape index (κ1) is 13.5. The Morgan fingerprint density at radius 1 is 1.37 bits per heavy atom. The standard InChI is InChI=1S/C13H16N2O4/c14-13(18)11-8-19-6-5-15(11)7-12(17)9-1-3-10(16)4-2-9/h1-4,11,16H,5-8H2,(H2,14,18). The van der Waals surface area contributed by atoms with E-state index in [0.717, 1.165) is 0 Å². The molecule has 1 aliphatic heterocycles. The highest BCUT2D eigenvalue weighted by atomic mass is 16.5. The Morgan fingerprint density at radius 2 is 2.05 bits per heavy atom. The normalized spacial score (nSPS) is 20.1. The van der Waals surface area contributed by atoms with Crippen molar-refractivity contribution in [3.05, 3.63) is 29.8 Å². The molecule has 1 atom stereocenters.